The SMILES string of the molecule is O=C(NCCCn1cc(C(=O)NCCCN2CCCC2)c2ccccc21)NCc1cccnc1. The van der Waals surface area contributed by atoms with Crippen molar-refractivity contribution in [2.75, 3.05) is 32.7 Å². The summed E-state index contributed by atoms with van der Waals surface area (Å²) in [5, 5.41) is 9.78. The molecule has 0 radical (unpaired) electrons. The zero-order valence-corrected chi connectivity index (χ0v) is 19.6. The van der Waals surface area contributed by atoms with Gasteiger partial charge in [-0.25, -0.2) is 4.79 Å². The molecule has 1 fully saturated rings. The maximum absolute atomic E-state index is 12.9. The third kappa shape index (κ3) is 6.57. The third-order valence-electron chi connectivity index (χ3n) is 6.21. The molecule has 3 amide bonds. The van der Waals surface area contributed by atoms with E-state index in [0.29, 0.717) is 31.7 Å². The summed E-state index contributed by atoms with van der Waals surface area (Å²) < 4.78 is 2.10. The lowest BCUT2D eigenvalue weighted by Crippen LogP contribution is -2.35. The number of carbonyl (C=O) groups is 2. The zero-order chi connectivity index (χ0) is 23.6. The number of nitrogens with one attached hydrogen (secondary N) is 3. The van der Waals surface area contributed by atoms with Gasteiger partial charge in [0.2, 0.25) is 0 Å². The second-order valence-electron chi connectivity index (χ2n) is 8.74. The number of pyridine rings is 1. The average Bonchev–Trinajstić information content (AvgIpc) is 3.52. The summed E-state index contributed by atoms with van der Waals surface area (Å²) in [4.78, 5) is 31.4. The van der Waals surface area contributed by atoms with Gasteiger partial charge in [0.1, 0.15) is 0 Å². The molecular formula is C26H34N6O2. The molecule has 0 aliphatic carbocycles. The van der Waals surface area contributed by atoms with Crippen molar-refractivity contribution in [3.63, 3.8) is 0 Å². The van der Waals surface area contributed by atoms with Crippen LogP contribution in [0.5, 0.6) is 0 Å². The van der Waals surface area contributed by atoms with Crippen LogP contribution in [0.25, 0.3) is 10.9 Å². The van der Waals surface area contributed by atoms with E-state index in [-0.39, 0.29) is 11.9 Å². The Labute approximate surface area is 200 Å². The van der Waals surface area contributed by atoms with Gasteiger partial charge in [0.15, 0.2) is 0 Å². The van der Waals surface area contributed by atoms with E-state index in [1.54, 1.807) is 12.4 Å². The second kappa shape index (κ2) is 12.2. The Balaban J connectivity index is 1.24. The van der Waals surface area contributed by atoms with Gasteiger partial charge in [-0.05, 0) is 63.0 Å². The average molecular weight is 463 g/mol. The van der Waals surface area contributed by atoms with Crippen LogP contribution in [0, 0.1) is 0 Å². The summed E-state index contributed by atoms with van der Waals surface area (Å²) in [5.41, 5.74) is 2.70. The topological polar surface area (TPSA) is 91.3 Å². The van der Waals surface area contributed by atoms with E-state index in [4.69, 9.17) is 0 Å². The number of nitrogens with zero attached hydrogens (tertiary/aromatic N) is 3. The molecule has 0 unspecified atom stereocenters. The number of fused-ring (bicyclic) bond motifs is 1. The number of amides is 3. The molecule has 0 atom stereocenters. The summed E-state index contributed by atoms with van der Waals surface area (Å²) in [6, 6.07) is 11.6. The van der Waals surface area contributed by atoms with Crippen LogP contribution in [0.4, 0.5) is 4.79 Å². The van der Waals surface area contributed by atoms with E-state index < -0.39 is 0 Å². The van der Waals surface area contributed by atoms with Crippen LogP contribution >= 0.6 is 0 Å². The van der Waals surface area contributed by atoms with Crippen molar-refractivity contribution in [3.8, 4) is 0 Å². The van der Waals surface area contributed by atoms with E-state index in [1.807, 2.05) is 42.6 Å². The highest BCUT2D eigenvalue weighted by Gasteiger charge is 2.15. The van der Waals surface area contributed by atoms with E-state index in [2.05, 4.69) is 30.4 Å². The van der Waals surface area contributed by atoms with Gasteiger partial charge in [-0.1, -0.05) is 24.3 Å². The van der Waals surface area contributed by atoms with Crippen molar-refractivity contribution in [3.05, 3.63) is 66.1 Å². The number of carbonyl (C=O) groups excluding carboxylic acids is 2. The quantitative estimate of drug-likeness (QED) is 0.382. The number of para-hydroxylation sites is 1. The largest absolute Gasteiger partial charge is 0.352 e. The van der Waals surface area contributed by atoms with Crippen LogP contribution in [-0.4, -0.2) is 59.1 Å². The second-order valence-corrected chi connectivity index (χ2v) is 8.74. The van der Waals surface area contributed by atoms with E-state index in [0.717, 1.165) is 35.9 Å². The number of aromatic nitrogens is 2. The minimum atomic E-state index is -0.199. The molecule has 1 aliphatic rings. The Kier molecular flexibility index (Phi) is 8.51. The fraction of sp³-hybridized carbons (Fsp3) is 0.423. The number of urea groups is 1. The Morgan fingerprint density at radius 1 is 0.912 bits per heavy atom. The highest BCUT2D eigenvalue weighted by molar-refractivity contribution is 6.07. The van der Waals surface area contributed by atoms with Crippen molar-refractivity contribution in [1.29, 1.82) is 0 Å². The fourth-order valence-corrected chi connectivity index (χ4v) is 4.42. The molecule has 1 aliphatic heterocycles. The van der Waals surface area contributed by atoms with Crippen LogP contribution < -0.4 is 16.0 Å². The van der Waals surface area contributed by atoms with Gasteiger partial charge in [0, 0.05) is 55.7 Å². The maximum atomic E-state index is 12.9. The molecule has 1 saturated heterocycles. The number of likely N-dealkylation sites (tertiary alicyclic amines) is 1. The van der Waals surface area contributed by atoms with Gasteiger partial charge >= 0.3 is 6.03 Å². The van der Waals surface area contributed by atoms with Crippen LogP contribution in [0.15, 0.2) is 55.0 Å². The molecule has 2 aromatic heterocycles. The molecule has 0 bridgehead atoms. The first kappa shape index (κ1) is 23.8. The predicted octanol–water partition coefficient (Wildman–Crippen LogP) is 3.14. The van der Waals surface area contributed by atoms with Crippen LogP contribution in [0.3, 0.4) is 0 Å². The summed E-state index contributed by atoms with van der Waals surface area (Å²) in [6.07, 6.45) is 9.69. The lowest BCUT2D eigenvalue weighted by Gasteiger charge is -2.14. The lowest BCUT2D eigenvalue weighted by atomic mass is 10.1. The number of rotatable bonds is 11. The Morgan fingerprint density at radius 2 is 1.71 bits per heavy atom. The molecule has 1 aromatic carbocycles. The molecular weight excluding hydrogens is 428 g/mol. The Bertz CT molecular complexity index is 1080. The van der Waals surface area contributed by atoms with Crippen LogP contribution in [-0.2, 0) is 13.1 Å². The monoisotopic (exact) mass is 462 g/mol. The van der Waals surface area contributed by atoms with Gasteiger partial charge in [0.25, 0.3) is 5.91 Å². The molecule has 34 heavy (non-hydrogen) atoms. The molecule has 8 nitrogen and oxygen atoms in total. The van der Waals surface area contributed by atoms with Crippen molar-refractivity contribution < 1.29 is 9.59 Å². The fourth-order valence-electron chi connectivity index (χ4n) is 4.42. The standard InChI is InChI=1S/C26H34N6O2/c33-25(28-12-6-16-31-14-3-4-15-31)23-20-32(24-10-2-1-9-22(23)24)17-7-13-29-26(34)30-19-21-8-5-11-27-18-21/h1-2,5,8-11,18,20H,3-4,6-7,12-17,19H2,(H,28,33)(H2,29,30,34). The first-order valence-electron chi connectivity index (χ1n) is 12.2. The van der Waals surface area contributed by atoms with Gasteiger partial charge in [-0.15, -0.1) is 0 Å². The van der Waals surface area contributed by atoms with Crippen LogP contribution in [0.1, 0.15) is 41.6 Å². The first-order chi connectivity index (χ1) is 16.7. The zero-order valence-electron chi connectivity index (χ0n) is 19.6. The maximum Gasteiger partial charge on any atom is 0.315 e. The summed E-state index contributed by atoms with van der Waals surface area (Å²) in [6.45, 7) is 5.80. The summed E-state index contributed by atoms with van der Waals surface area (Å²) >= 11 is 0. The number of hydrogen-bond donors (Lipinski definition) is 3. The number of aryl methyl sites for hydroxylation is 1. The van der Waals surface area contributed by atoms with E-state index >= 15 is 0 Å². The highest BCUT2D eigenvalue weighted by Crippen LogP contribution is 2.21. The molecule has 8 heteroatoms. The summed E-state index contributed by atoms with van der Waals surface area (Å²) in [7, 11) is 0. The van der Waals surface area contributed by atoms with Gasteiger partial charge in [0.05, 0.1) is 5.56 Å². The van der Waals surface area contributed by atoms with E-state index in [9.17, 15) is 9.59 Å². The van der Waals surface area contributed by atoms with Gasteiger partial charge in [-0.2, -0.15) is 0 Å². The molecule has 3 N–H and O–H groups in total. The molecule has 3 heterocycles. The van der Waals surface area contributed by atoms with E-state index in [1.165, 1.54) is 25.9 Å². The number of hydrogen-bond acceptors (Lipinski definition) is 4. The third-order valence-corrected chi connectivity index (χ3v) is 6.21. The highest BCUT2D eigenvalue weighted by atomic mass is 16.2. The van der Waals surface area contributed by atoms with Gasteiger partial charge in [-0.3, -0.25) is 9.78 Å². The first-order valence-corrected chi connectivity index (χ1v) is 12.2. The van der Waals surface area contributed by atoms with Gasteiger partial charge < -0.3 is 25.4 Å². The van der Waals surface area contributed by atoms with Crippen molar-refractivity contribution in [2.45, 2.75) is 38.8 Å². The smallest absolute Gasteiger partial charge is 0.315 e. The van der Waals surface area contributed by atoms with Crippen molar-refractivity contribution >= 4 is 22.8 Å². The van der Waals surface area contributed by atoms with Crippen molar-refractivity contribution in [2.24, 2.45) is 0 Å². The molecule has 0 saturated carbocycles. The molecule has 0 spiro atoms. The predicted molar refractivity (Wildman–Crippen MR) is 134 cm³/mol. The molecule has 3 aromatic rings. The Hall–Kier alpha value is -3.39. The Morgan fingerprint density at radius 3 is 2.53 bits per heavy atom. The minimum absolute atomic E-state index is 0.0238. The van der Waals surface area contributed by atoms with Crippen LogP contribution in [0.2, 0.25) is 0 Å². The molecule has 180 valence electrons. The normalized spacial score (nSPS) is 13.8. The van der Waals surface area contributed by atoms with Crippen molar-refractivity contribution in [1.82, 2.24) is 30.4 Å². The minimum Gasteiger partial charge on any atom is -0.352 e. The lowest BCUT2D eigenvalue weighted by molar-refractivity contribution is 0.0953. The summed E-state index contributed by atoms with van der Waals surface area (Å²) in [5.74, 6) is -0.0238. The molecule has 4 rings (SSSR count). The number of benzene rings is 1.